The van der Waals surface area contributed by atoms with E-state index in [9.17, 15) is 9.59 Å². The molecule has 0 aliphatic carbocycles. The van der Waals surface area contributed by atoms with E-state index in [-0.39, 0.29) is 35.2 Å². The molecular weight excluding hydrogens is 338 g/mol. The summed E-state index contributed by atoms with van der Waals surface area (Å²) in [6, 6.07) is 8.03. The standard InChI is InChI=1S/C22H35N3O2/c1-15(2)23-21(27)17-11-13-25(14-12-17)16(3)20(26)24-19-9-7-18(8-10-19)22(4,5)6/h7-10,15-17H,11-14H2,1-6H3,(H,23,27)(H,24,26). The number of nitrogens with zero attached hydrogens (tertiary/aromatic N) is 1. The molecule has 1 aliphatic heterocycles. The van der Waals surface area contributed by atoms with Gasteiger partial charge in [-0.05, 0) is 69.8 Å². The SMILES string of the molecule is CC(C)NC(=O)C1CCN(C(C)C(=O)Nc2ccc(C(C)(C)C)cc2)CC1. The van der Waals surface area contributed by atoms with Crippen LogP contribution < -0.4 is 10.6 Å². The lowest BCUT2D eigenvalue weighted by molar-refractivity contribution is -0.127. The van der Waals surface area contributed by atoms with Crippen molar-refractivity contribution in [1.82, 2.24) is 10.2 Å². The fourth-order valence-corrected chi connectivity index (χ4v) is 3.42. The Morgan fingerprint density at radius 2 is 1.59 bits per heavy atom. The zero-order valence-electron chi connectivity index (χ0n) is 17.6. The second kappa shape index (κ2) is 8.87. The lowest BCUT2D eigenvalue weighted by atomic mass is 9.87. The minimum Gasteiger partial charge on any atom is -0.354 e. The summed E-state index contributed by atoms with van der Waals surface area (Å²) in [4.78, 5) is 26.9. The van der Waals surface area contributed by atoms with Crippen molar-refractivity contribution in [2.45, 2.75) is 71.9 Å². The van der Waals surface area contributed by atoms with Crippen LogP contribution in [0.5, 0.6) is 0 Å². The lowest BCUT2D eigenvalue weighted by Gasteiger charge is -2.35. The van der Waals surface area contributed by atoms with Gasteiger partial charge in [-0.2, -0.15) is 0 Å². The molecule has 0 aromatic heterocycles. The molecule has 2 N–H and O–H groups in total. The van der Waals surface area contributed by atoms with Gasteiger partial charge in [-0.1, -0.05) is 32.9 Å². The summed E-state index contributed by atoms with van der Waals surface area (Å²) in [5.41, 5.74) is 2.17. The van der Waals surface area contributed by atoms with Gasteiger partial charge >= 0.3 is 0 Å². The van der Waals surface area contributed by atoms with Crippen LogP contribution in [-0.2, 0) is 15.0 Å². The molecule has 1 unspecified atom stereocenters. The minimum atomic E-state index is -0.207. The first-order valence-corrected chi connectivity index (χ1v) is 10.0. The number of piperidine rings is 1. The highest BCUT2D eigenvalue weighted by molar-refractivity contribution is 5.94. The quantitative estimate of drug-likeness (QED) is 0.830. The van der Waals surface area contributed by atoms with Gasteiger partial charge in [-0.15, -0.1) is 0 Å². The van der Waals surface area contributed by atoms with Gasteiger partial charge in [0.2, 0.25) is 11.8 Å². The number of hydrogen-bond acceptors (Lipinski definition) is 3. The molecule has 1 fully saturated rings. The zero-order chi connectivity index (χ0) is 20.2. The summed E-state index contributed by atoms with van der Waals surface area (Å²) in [6.07, 6.45) is 1.60. The predicted molar refractivity (Wildman–Crippen MR) is 111 cm³/mol. The normalized spacial score (nSPS) is 17.6. The Labute approximate surface area is 163 Å². The van der Waals surface area contributed by atoms with E-state index in [1.807, 2.05) is 32.9 Å². The Morgan fingerprint density at radius 3 is 2.07 bits per heavy atom. The number of rotatable bonds is 5. The van der Waals surface area contributed by atoms with Gasteiger partial charge in [0, 0.05) is 17.6 Å². The number of amides is 2. The monoisotopic (exact) mass is 373 g/mol. The van der Waals surface area contributed by atoms with E-state index < -0.39 is 0 Å². The molecule has 0 bridgehead atoms. The first-order valence-electron chi connectivity index (χ1n) is 10.0. The fraction of sp³-hybridized carbons (Fsp3) is 0.636. The molecule has 0 spiro atoms. The molecule has 5 heteroatoms. The molecule has 27 heavy (non-hydrogen) atoms. The van der Waals surface area contributed by atoms with Crippen molar-refractivity contribution in [1.29, 1.82) is 0 Å². The third kappa shape index (κ3) is 6.06. The summed E-state index contributed by atoms with van der Waals surface area (Å²) in [5, 5.41) is 6.01. The molecular formula is C22H35N3O2. The number of nitrogens with one attached hydrogen (secondary N) is 2. The van der Waals surface area contributed by atoms with E-state index in [1.165, 1.54) is 5.56 Å². The van der Waals surface area contributed by atoms with Crippen molar-refractivity contribution in [3.63, 3.8) is 0 Å². The smallest absolute Gasteiger partial charge is 0.241 e. The summed E-state index contributed by atoms with van der Waals surface area (Å²) in [7, 11) is 0. The second-order valence-corrected chi connectivity index (χ2v) is 8.97. The highest BCUT2D eigenvalue weighted by Crippen LogP contribution is 2.24. The Bertz CT molecular complexity index is 639. The van der Waals surface area contributed by atoms with E-state index >= 15 is 0 Å². The van der Waals surface area contributed by atoms with Crippen LogP contribution in [0.3, 0.4) is 0 Å². The Hall–Kier alpha value is -1.88. The molecule has 0 radical (unpaired) electrons. The Kier molecular flexibility index (Phi) is 7.04. The van der Waals surface area contributed by atoms with Crippen molar-refractivity contribution in [2.75, 3.05) is 18.4 Å². The van der Waals surface area contributed by atoms with Crippen molar-refractivity contribution >= 4 is 17.5 Å². The van der Waals surface area contributed by atoms with Gasteiger partial charge in [0.1, 0.15) is 0 Å². The molecule has 1 aliphatic rings. The predicted octanol–water partition coefficient (Wildman–Crippen LogP) is 3.55. The van der Waals surface area contributed by atoms with Crippen LogP contribution >= 0.6 is 0 Å². The fourth-order valence-electron chi connectivity index (χ4n) is 3.42. The van der Waals surface area contributed by atoms with E-state index in [4.69, 9.17) is 0 Å². The van der Waals surface area contributed by atoms with Gasteiger partial charge in [0.05, 0.1) is 6.04 Å². The van der Waals surface area contributed by atoms with Crippen LogP contribution in [-0.4, -0.2) is 41.9 Å². The summed E-state index contributed by atoms with van der Waals surface area (Å²) in [6.45, 7) is 14.0. The van der Waals surface area contributed by atoms with Crippen LogP contribution in [0.1, 0.15) is 59.9 Å². The van der Waals surface area contributed by atoms with Crippen molar-refractivity contribution in [3.8, 4) is 0 Å². The molecule has 2 rings (SSSR count). The molecule has 0 saturated carbocycles. The summed E-state index contributed by atoms with van der Waals surface area (Å²) in [5.74, 6) is 0.202. The third-order valence-corrected chi connectivity index (χ3v) is 5.28. The van der Waals surface area contributed by atoms with Gasteiger partial charge in [-0.25, -0.2) is 0 Å². The number of hydrogen-bond donors (Lipinski definition) is 2. The van der Waals surface area contributed by atoms with Crippen molar-refractivity contribution in [3.05, 3.63) is 29.8 Å². The molecule has 1 atom stereocenters. The number of likely N-dealkylation sites (tertiary alicyclic amines) is 1. The number of carbonyl (C=O) groups excluding carboxylic acids is 2. The van der Waals surface area contributed by atoms with Crippen LogP contribution in [0.4, 0.5) is 5.69 Å². The van der Waals surface area contributed by atoms with Crippen LogP contribution in [0.25, 0.3) is 0 Å². The molecule has 1 aromatic rings. The van der Waals surface area contributed by atoms with Crippen LogP contribution in [0.15, 0.2) is 24.3 Å². The largest absolute Gasteiger partial charge is 0.354 e. The molecule has 150 valence electrons. The molecule has 1 heterocycles. The van der Waals surface area contributed by atoms with Crippen LogP contribution in [0, 0.1) is 5.92 Å². The maximum atomic E-state index is 12.6. The first kappa shape index (κ1) is 21.4. The highest BCUT2D eigenvalue weighted by Gasteiger charge is 2.30. The summed E-state index contributed by atoms with van der Waals surface area (Å²) >= 11 is 0. The first-order chi connectivity index (χ1) is 12.6. The average molecular weight is 374 g/mol. The Balaban J connectivity index is 1.86. The number of carbonyl (C=O) groups is 2. The molecule has 1 aromatic carbocycles. The zero-order valence-corrected chi connectivity index (χ0v) is 17.6. The van der Waals surface area contributed by atoms with Crippen molar-refractivity contribution in [2.24, 2.45) is 5.92 Å². The molecule has 5 nitrogen and oxygen atoms in total. The molecule has 2 amide bonds. The molecule has 1 saturated heterocycles. The maximum absolute atomic E-state index is 12.6. The van der Waals surface area contributed by atoms with Crippen LogP contribution in [0.2, 0.25) is 0 Å². The van der Waals surface area contributed by atoms with E-state index in [0.29, 0.717) is 0 Å². The van der Waals surface area contributed by atoms with Gasteiger partial charge in [0.15, 0.2) is 0 Å². The van der Waals surface area contributed by atoms with Gasteiger partial charge in [0.25, 0.3) is 0 Å². The topological polar surface area (TPSA) is 61.4 Å². The average Bonchev–Trinajstić information content (AvgIpc) is 2.60. The van der Waals surface area contributed by atoms with E-state index in [0.717, 1.165) is 31.6 Å². The van der Waals surface area contributed by atoms with Gasteiger partial charge < -0.3 is 10.6 Å². The van der Waals surface area contributed by atoms with Crippen molar-refractivity contribution < 1.29 is 9.59 Å². The maximum Gasteiger partial charge on any atom is 0.241 e. The Morgan fingerprint density at radius 1 is 1.04 bits per heavy atom. The second-order valence-electron chi connectivity index (χ2n) is 8.97. The highest BCUT2D eigenvalue weighted by atomic mass is 16.2. The van der Waals surface area contributed by atoms with Gasteiger partial charge in [-0.3, -0.25) is 14.5 Å². The van der Waals surface area contributed by atoms with E-state index in [1.54, 1.807) is 0 Å². The van der Waals surface area contributed by atoms with E-state index in [2.05, 4.69) is 48.4 Å². The number of anilines is 1. The third-order valence-electron chi connectivity index (χ3n) is 5.28. The minimum absolute atomic E-state index is 0.00332. The lowest BCUT2D eigenvalue weighted by Crippen LogP contribution is -2.48. The number of benzene rings is 1. The summed E-state index contributed by atoms with van der Waals surface area (Å²) < 4.78 is 0.